The Kier molecular flexibility index (Phi) is 6.89. The van der Waals surface area contributed by atoms with Crippen molar-refractivity contribution in [2.24, 2.45) is 0 Å². The first-order valence-electron chi connectivity index (χ1n) is 9.06. The minimum absolute atomic E-state index is 0.120. The highest BCUT2D eigenvalue weighted by atomic mass is 35.5. The Morgan fingerprint density at radius 3 is 2.60 bits per heavy atom. The maximum absolute atomic E-state index is 14.3. The van der Waals surface area contributed by atoms with Crippen LogP contribution in [0.15, 0.2) is 60.7 Å². The van der Waals surface area contributed by atoms with Gasteiger partial charge in [-0.2, -0.15) is 0 Å². The van der Waals surface area contributed by atoms with Crippen LogP contribution in [0.3, 0.4) is 0 Å². The summed E-state index contributed by atoms with van der Waals surface area (Å²) >= 11 is 6.29. The molecule has 30 heavy (non-hydrogen) atoms. The van der Waals surface area contributed by atoms with Crippen molar-refractivity contribution < 1.29 is 24.1 Å². The molecule has 3 aromatic carbocycles. The van der Waals surface area contributed by atoms with Crippen LogP contribution in [0.2, 0.25) is 5.02 Å². The SMILES string of the molecule is Nc1ccccc1Nc1ccc(C(=O)c2cc(OCC(O)CO)ccc2F)c(Cl)c1. The number of benzene rings is 3. The van der Waals surface area contributed by atoms with Gasteiger partial charge in [0.1, 0.15) is 24.3 Å². The largest absolute Gasteiger partial charge is 0.491 e. The van der Waals surface area contributed by atoms with Crippen LogP contribution in [0.25, 0.3) is 0 Å². The average Bonchev–Trinajstić information content (AvgIpc) is 2.74. The number of rotatable bonds is 8. The van der Waals surface area contributed by atoms with Crippen molar-refractivity contribution in [1.82, 2.24) is 0 Å². The summed E-state index contributed by atoms with van der Waals surface area (Å²) in [6.07, 6.45) is -1.08. The Hall–Kier alpha value is -3.13. The second-order valence-electron chi connectivity index (χ2n) is 6.53. The molecule has 6 nitrogen and oxygen atoms in total. The van der Waals surface area contributed by atoms with Crippen LogP contribution in [0.1, 0.15) is 15.9 Å². The first-order valence-corrected chi connectivity index (χ1v) is 9.44. The average molecular weight is 431 g/mol. The lowest BCUT2D eigenvalue weighted by molar-refractivity contribution is 0.0535. The van der Waals surface area contributed by atoms with Gasteiger partial charge in [0.25, 0.3) is 0 Å². The summed E-state index contributed by atoms with van der Waals surface area (Å²) in [7, 11) is 0. The van der Waals surface area contributed by atoms with E-state index in [1.165, 1.54) is 18.2 Å². The second kappa shape index (κ2) is 9.58. The third kappa shape index (κ3) is 5.07. The van der Waals surface area contributed by atoms with Crippen molar-refractivity contribution in [3.05, 3.63) is 82.6 Å². The maximum Gasteiger partial charge on any atom is 0.197 e. The zero-order valence-corrected chi connectivity index (χ0v) is 16.6. The van der Waals surface area contributed by atoms with Crippen LogP contribution in [0.5, 0.6) is 5.75 Å². The van der Waals surface area contributed by atoms with Crippen LogP contribution in [0, 0.1) is 5.82 Å². The van der Waals surface area contributed by atoms with E-state index in [1.54, 1.807) is 24.3 Å². The fourth-order valence-electron chi connectivity index (χ4n) is 2.70. The number of aliphatic hydroxyl groups is 2. The van der Waals surface area contributed by atoms with E-state index in [-0.39, 0.29) is 28.5 Å². The number of aliphatic hydroxyl groups excluding tert-OH is 2. The molecule has 0 heterocycles. The van der Waals surface area contributed by atoms with Crippen molar-refractivity contribution in [2.45, 2.75) is 6.10 Å². The van der Waals surface area contributed by atoms with Gasteiger partial charge in [-0.1, -0.05) is 23.7 Å². The Morgan fingerprint density at radius 2 is 1.90 bits per heavy atom. The minimum Gasteiger partial charge on any atom is -0.491 e. The molecule has 3 rings (SSSR count). The predicted octanol–water partition coefficient (Wildman–Crippen LogP) is 3.77. The summed E-state index contributed by atoms with van der Waals surface area (Å²) in [6.45, 7) is -0.670. The van der Waals surface area contributed by atoms with E-state index >= 15 is 0 Å². The summed E-state index contributed by atoms with van der Waals surface area (Å²) in [6, 6.07) is 15.5. The normalized spacial score (nSPS) is 11.7. The number of ketones is 1. The number of halogens is 2. The van der Waals surface area contributed by atoms with Crippen molar-refractivity contribution in [3.8, 4) is 5.75 Å². The molecule has 0 saturated heterocycles. The van der Waals surface area contributed by atoms with Gasteiger partial charge in [-0.25, -0.2) is 4.39 Å². The molecule has 5 N–H and O–H groups in total. The Bertz CT molecular complexity index is 1060. The number of hydrogen-bond donors (Lipinski definition) is 4. The van der Waals surface area contributed by atoms with Crippen LogP contribution in [-0.2, 0) is 0 Å². The maximum atomic E-state index is 14.3. The van der Waals surface area contributed by atoms with Crippen molar-refractivity contribution >= 4 is 34.4 Å². The number of nitrogen functional groups attached to an aromatic ring is 1. The molecule has 0 saturated carbocycles. The second-order valence-corrected chi connectivity index (χ2v) is 6.93. The number of anilines is 3. The van der Waals surface area contributed by atoms with Crippen molar-refractivity contribution in [3.63, 3.8) is 0 Å². The summed E-state index contributed by atoms with van der Waals surface area (Å²) in [5.74, 6) is -1.16. The Labute approximate surface area is 177 Å². The van der Waals surface area contributed by atoms with E-state index in [9.17, 15) is 14.3 Å². The molecule has 0 bridgehead atoms. The number of para-hydroxylation sites is 2. The molecule has 0 radical (unpaired) electrons. The quantitative estimate of drug-likeness (QED) is 0.320. The number of nitrogens with two attached hydrogens (primary N) is 1. The van der Waals surface area contributed by atoms with E-state index in [4.69, 9.17) is 27.2 Å². The van der Waals surface area contributed by atoms with Crippen LogP contribution >= 0.6 is 11.6 Å². The standard InChI is InChI=1S/C22H20ClFN2O4/c23-18-9-13(26-21-4-2-1-3-20(21)25)5-7-16(18)22(29)17-10-15(6-8-19(17)24)30-12-14(28)11-27/h1-10,14,26-28H,11-12,25H2. The smallest absolute Gasteiger partial charge is 0.197 e. The molecule has 0 aliphatic carbocycles. The van der Waals surface area contributed by atoms with E-state index in [0.717, 1.165) is 6.07 Å². The zero-order valence-electron chi connectivity index (χ0n) is 15.8. The summed E-state index contributed by atoms with van der Waals surface area (Å²) in [5, 5.41) is 21.5. The summed E-state index contributed by atoms with van der Waals surface area (Å²) < 4.78 is 19.6. The molecular formula is C22H20ClFN2O4. The molecule has 1 atom stereocenters. The lowest BCUT2D eigenvalue weighted by Gasteiger charge is -2.13. The molecular weight excluding hydrogens is 411 g/mol. The molecule has 0 aliphatic rings. The first kappa shape index (κ1) is 21.6. The van der Waals surface area contributed by atoms with Crippen molar-refractivity contribution in [2.75, 3.05) is 24.3 Å². The van der Waals surface area contributed by atoms with Crippen LogP contribution in [-0.4, -0.2) is 35.3 Å². The number of carbonyl (C=O) groups excluding carboxylic acids is 1. The van der Waals surface area contributed by atoms with Gasteiger partial charge in [-0.05, 0) is 48.5 Å². The molecule has 0 spiro atoms. The molecule has 0 aromatic heterocycles. The number of ether oxygens (including phenoxy) is 1. The number of nitrogens with one attached hydrogen (secondary N) is 1. The van der Waals surface area contributed by atoms with Crippen LogP contribution in [0.4, 0.5) is 21.5 Å². The predicted molar refractivity (Wildman–Crippen MR) is 114 cm³/mol. The van der Waals surface area contributed by atoms with Gasteiger partial charge in [0.05, 0.1) is 28.6 Å². The molecule has 0 aliphatic heterocycles. The molecule has 3 aromatic rings. The number of carbonyl (C=O) groups is 1. The van der Waals surface area contributed by atoms with E-state index in [2.05, 4.69) is 5.32 Å². The van der Waals surface area contributed by atoms with Gasteiger partial charge < -0.3 is 26.0 Å². The van der Waals surface area contributed by atoms with Gasteiger partial charge in [0.2, 0.25) is 0 Å². The van der Waals surface area contributed by atoms with Gasteiger partial charge in [-0.3, -0.25) is 4.79 Å². The molecule has 1 unspecified atom stereocenters. The van der Waals surface area contributed by atoms with E-state index in [1.807, 2.05) is 12.1 Å². The van der Waals surface area contributed by atoms with Gasteiger partial charge in [-0.15, -0.1) is 0 Å². The highest BCUT2D eigenvalue weighted by Gasteiger charge is 2.19. The third-order valence-corrected chi connectivity index (χ3v) is 4.60. The molecule has 8 heteroatoms. The highest BCUT2D eigenvalue weighted by molar-refractivity contribution is 6.35. The van der Waals surface area contributed by atoms with Crippen molar-refractivity contribution in [1.29, 1.82) is 0 Å². The van der Waals surface area contributed by atoms with Gasteiger partial charge in [0, 0.05) is 11.3 Å². The highest BCUT2D eigenvalue weighted by Crippen LogP contribution is 2.29. The zero-order chi connectivity index (χ0) is 21.7. The lowest BCUT2D eigenvalue weighted by Crippen LogP contribution is -2.21. The molecule has 0 fully saturated rings. The van der Waals surface area contributed by atoms with Crippen LogP contribution < -0.4 is 15.8 Å². The Balaban J connectivity index is 1.82. The fourth-order valence-corrected chi connectivity index (χ4v) is 2.97. The molecule has 0 amide bonds. The Morgan fingerprint density at radius 1 is 1.13 bits per heavy atom. The minimum atomic E-state index is -1.08. The third-order valence-electron chi connectivity index (χ3n) is 4.29. The monoisotopic (exact) mass is 430 g/mol. The lowest BCUT2D eigenvalue weighted by atomic mass is 10.0. The number of hydrogen-bond acceptors (Lipinski definition) is 6. The van der Waals surface area contributed by atoms with Gasteiger partial charge >= 0.3 is 0 Å². The first-order chi connectivity index (χ1) is 14.4. The topological polar surface area (TPSA) is 105 Å². The van der Waals surface area contributed by atoms with E-state index < -0.39 is 24.3 Å². The molecule has 156 valence electrons. The summed E-state index contributed by atoms with van der Waals surface area (Å²) in [4.78, 5) is 12.8. The van der Waals surface area contributed by atoms with E-state index in [0.29, 0.717) is 17.1 Å². The fraction of sp³-hybridized carbons (Fsp3) is 0.136. The van der Waals surface area contributed by atoms with Gasteiger partial charge in [0.15, 0.2) is 5.78 Å². The summed E-state index contributed by atoms with van der Waals surface area (Å²) in [5.41, 5.74) is 7.67.